The molecule has 18 heavy (non-hydrogen) atoms. The van der Waals surface area contributed by atoms with Gasteiger partial charge in [-0.05, 0) is 30.2 Å². The molecule has 1 aliphatic rings. The van der Waals surface area contributed by atoms with E-state index in [-0.39, 0.29) is 12.6 Å². The number of nitrogens with zero attached hydrogens (tertiary/aromatic N) is 1. The molecule has 0 aliphatic carbocycles. The highest BCUT2D eigenvalue weighted by molar-refractivity contribution is 7.89. The van der Waals surface area contributed by atoms with Gasteiger partial charge in [-0.2, -0.15) is 4.31 Å². The van der Waals surface area contributed by atoms with Crippen molar-refractivity contribution in [2.75, 3.05) is 6.54 Å². The van der Waals surface area contributed by atoms with Gasteiger partial charge in [0.05, 0.1) is 4.90 Å². The Bertz CT molecular complexity index is 508. The Morgan fingerprint density at radius 2 is 2.28 bits per heavy atom. The maximum Gasteiger partial charge on any atom is 0.244 e. The van der Waals surface area contributed by atoms with E-state index in [1.165, 1.54) is 11.3 Å². The summed E-state index contributed by atoms with van der Waals surface area (Å²) in [6.07, 6.45) is 1.91. The minimum Gasteiger partial charge on any atom is -0.326 e. The van der Waals surface area contributed by atoms with E-state index in [9.17, 15) is 8.42 Å². The minimum absolute atomic E-state index is 0.125. The van der Waals surface area contributed by atoms with Crippen molar-refractivity contribution in [1.29, 1.82) is 0 Å². The Kier molecular flexibility index (Phi) is 4.11. The van der Waals surface area contributed by atoms with Gasteiger partial charge in [-0.25, -0.2) is 8.42 Å². The summed E-state index contributed by atoms with van der Waals surface area (Å²) in [5, 5.41) is 1.80. The van der Waals surface area contributed by atoms with Crippen LogP contribution in [0.2, 0.25) is 0 Å². The molecule has 0 amide bonds. The Morgan fingerprint density at radius 1 is 1.56 bits per heavy atom. The zero-order valence-electron chi connectivity index (χ0n) is 10.8. The van der Waals surface area contributed by atoms with E-state index in [4.69, 9.17) is 5.73 Å². The molecule has 1 unspecified atom stereocenters. The summed E-state index contributed by atoms with van der Waals surface area (Å²) in [5.74, 6) is 0.349. The Hall–Kier alpha value is -0.430. The second-order valence-electron chi connectivity index (χ2n) is 4.98. The molecule has 2 rings (SSSR count). The first-order valence-electron chi connectivity index (χ1n) is 6.26. The predicted molar refractivity (Wildman–Crippen MR) is 74.0 cm³/mol. The van der Waals surface area contributed by atoms with Crippen LogP contribution in [0.5, 0.6) is 0 Å². The minimum atomic E-state index is -3.37. The Labute approximate surface area is 113 Å². The van der Waals surface area contributed by atoms with Crippen molar-refractivity contribution in [2.45, 2.75) is 44.2 Å². The van der Waals surface area contributed by atoms with E-state index in [0.717, 1.165) is 17.7 Å². The number of nitrogens with two attached hydrogens (primary N) is 1. The fourth-order valence-corrected chi connectivity index (χ4v) is 5.70. The second kappa shape index (κ2) is 5.28. The average Bonchev–Trinajstić information content (AvgIpc) is 2.98. The van der Waals surface area contributed by atoms with Crippen LogP contribution in [0.4, 0.5) is 0 Å². The standard InChI is InChI=1S/C12H20N2O2S2/c1-9(2)10-4-3-6-14(10)18(15,16)12-5-7-17-11(12)8-13/h5,7,9-10H,3-4,6,8,13H2,1-2H3. The van der Waals surface area contributed by atoms with Crippen LogP contribution in [0.1, 0.15) is 31.6 Å². The maximum atomic E-state index is 12.7. The molecule has 1 aromatic heterocycles. The summed E-state index contributed by atoms with van der Waals surface area (Å²) in [5.41, 5.74) is 5.61. The molecule has 102 valence electrons. The van der Waals surface area contributed by atoms with Gasteiger partial charge < -0.3 is 5.73 Å². The quantitative estimate of drug-likeness (QED) is 0.922. The van der Waals surface area contributed by atoms with Crippen molar-refractivity contribution < 1.29 is 8.42 Å². The van der Waals surface area contributed by atoms with Crippen molar-refractivity contribution >= 4 is 21.4 Å². The molecule has 2 heterocycles. The van der Waals surface area contributed by atoms with E-state index in [1.807, 2.05) is 0 Å². The van der Waals surface area contributed by atoms with Crippen LogP contribution >= 0.6 is 11.3 Å². The third kappa shape index (κ3) is 2.34. The third-order valence-electron chi connectivity index (χ3n) is 3.49. The number of hydrogen-bond acceptors (Lipinski definition) is 4. The molecule has 0 radical (unpaired) electrons. The third-order valence-corrected chi connectivity index (χ3v) is 6.58. The normalized spacial score (nSPS) is 21.9. The van der Waals surface area contributed by atoms with Crippen LogP contribution in [0, 0.1) is 5.92 Å². The van der Waals surface area contributed by atoms with Gasteiger partial charge >= 0.3 is 0 Å². The highest BCUT2D eigenvalue weighted by Crippen LogP contribution is 2.32. The van der Waals surface area contributed by atoms with Crippen LogP contribution in [0.15, 0.2) is 16.3 Å². The molecule has 1 aliphatic heterocycles. The highest BCUT2D eigenvalue weighted by atomic mass is 32.2. The molecule has 0 aromatic carbocycles. The number of sulfonamides is 1. The molecule has 6 heteroatoms. The number of thiophene rings is 1. The first kappa shape index (κ1) is 14.0. The molecule has 2 N–H and O–H groups in total. The van der Waals surface area contributed by atoms with Gasteiger partial charge in [-0.15, -0.1) is 11.3 Å². The van der Waals surface area contributed by atoms with Gasteiger partial charge in [0.25, 0.3) is 0 Å². The van der Waals surface area contributed by atoms with Gasteiger partial charge in [0.1, 0.15) is 0 Å². The van der Waals surface area contributed by atoms with Gasteiger partial charge in [0.2, 0.25) is 10.0 Å². The summed E-state index contributed by atoms with van der Waals surface area (Å²) in [4.78, 5) is 1.16. The van der Waals surface area contributed by atoms with Crippen molar-refractivity contribution in [3.05, 3.63) is 16.3 Å². The van der Waals surface area contributed by atoms with Crippen LogP contribution < -0.4 is 5.73 Å². The van der Waals surface area contributed by atoms with Crippen molar-refractivity contribution in [2.24, 2.45) is 11.7 Å². The SMILES string of the molecule is CC(C)C1CCCN1S(=O)(=O)c1ccsc1CN. The molecule has 1 fully saturated rings. The topological polar surface area (TPSA) is 63.4 Å². The fraction of sp³-hybridized carbons (Fsp3) is 0.667. The first-order valence-corrected chi connectivity index (χ1v) is 8.58. The van der Waals surface area contributed by atoms with Crippen molar-refractivity contribution in [1.82, 2.24) is 4.31 Å². The first-order chi connectivity index (χ1) is 8.48. The van der Waals surface area contributed by atoms with Crippen molar-refractivity contribution in [3.63, 3.8) is 0 Å². The zero-order chi connectivity index (χ0) is 13.3. The summed E-state index contributed by atoms with van der Waals surface area (Å²) in [6, 6.07) is 1.80. The van der Waals surface area contributed by atoms with E-state index in [0.29, 0.717) is 17.4 Å². The number of hydrogen-bond donors (Lipinski definition) is 1. The molecule has 4 nitrogen and oxygen atoms in total. The molecule has 1 aromatic rings. The fourth-order valence-electron chi connectivity index (χ4n) is 2.56. The van der Waals surface area contributed by atoms with Crippen LogP contribution in [-0.4, -0.2) is 25.3 Å². The molecular formula is C12H20N2O2S2. The smallest absolute Gasteiger partial charge is 0.244 e. The molecule has 1 atom stereocenters. The van der Waals surface area contributed by atoms with Crippen LogP contribution in [0.3, 0.4) is 0 Å². The average molecular weight is 288 g/mol. The predicted octanol–water partition coefficient (Wildman–Crippen LogP) is 2.02. The molecule has 0 saturated carbocycles. The Morgan fingerprint density at radius 3 is 2.89 bits per heavy atom. The molecule has 0 bridgehead atoms. The van der Waals surface area contributed by atoms with E-state index in [1.54, 1.807) is 15.8 Å². The van der Waals surface area contributed by atoms with Gasteiger partial charge in [0, 0.05) is 24.0 Å². The van der Waals surface area contributed by atoms with E-state index in [2.05, 4.69) is 13.8 Å². The van der Waals surface area contributed by atoms with Gasteiger partial charge in [0.15, 0.2) is 0 Å². The summed E-state index contributed by atoms with van der Waals surface area (Å²) in [6.45, 7) is 5.07. The van der Waals surface area contributed by atoms with E-state index < -0.39 is 10.0 Å². The lowest BCUT2D eigenvalue weighted by Gasteiger charge is -2.26. The van der Waals surface area contributed by atoms with Gasteiger partial charge in [-0.3, -0.25) is 0 Å². The van der Waals surface area contributed by atoms with Crippen molar-refractivity contribution in [3.8, 4) is 0 Å². The van der Waals surface area contributed by atoms with Crippen LogP contribution in [-0.2, 0) is 16.6 Å². The van der Waals surface area contributed by atoms with Gasteiger partial charge in [-0.1, -0.05) is 13.8 Å². The molecule has 0 spiro atoms. The van der Waals surface area contributed by atoms with E-state index >= 15 is 0 Å². The number of rotatable bonds is 4. The lowest BCUT2D eigenvalue weighted by molar-refractivity contribution is 0.315. The Balaban J connectivity index is 2.37. The summed E-state index contributed by atoms with van der Waals surface area (Å²) >= 11 is 1.41. The van der Waals surface area contributed by atoms with Crippen LogP contribution in [0.25, 0.3) is 0 Å². The highest BCUT2D eigenvalue weighted by Gasteiger charge is 2.37. The molecular weight excluding hydrogens is 268 g/mol. The summed E-state index contributed by atoms with van der Waals surface area (Å²) in [7, 11) is -3.37. The second-order valence-corrected chi connectivity index (χ2v) is 7.84. The monoisotopic (exact) mass is 288 g/mol. The lowest BCUT2D eigenvalue weighted by atomic mass is 10.0. The molecule has 1 saturated heterocycles. The maximum absolute atomic E-state index is 12.7. The lowest BCUT2D eigenvalue weighted by Crippen LogP contribution is -2.38. The zero-order valence-corrected chi connectivity index (χ0v) is 12.4. The summed E-state index contributed by atoms with van der Waals surface area (Å²) < 4.78 is 27.0. The largest absolute Gasteiger partial charge is 0.326 e.